The van der Waals surface area contributed by atoms with Crippen LogP contribution < -0.4 is 10.1 Å². The summed E-state index contributed by atoms with van der Waals surface area (Å²) in [5.41, 5.74) is 2.06. The Morgan fingerprint density at radius 1 is 1.22 bits per heavy atom. The first kappa shape index (κ1) is 22.1. The predicted octanol–water partition coefficient (Wildman–Crippen LogP) is 2.16. The van der Waals surface area contributed by atoms with E-state index in [1.165, 1.54) is 19.2 Å². The Morgan fingerprint density at radius 2 is 2.06 bits per heavy atom. The summed E-state index contributed by atoms with van der Waals surface area (Å²) in [7, 11) is 1.39. The van der Waals surface area contributed by atoms with Gasteiger partial charge in [0.2, 0.25) is 0 Å². The molecule has 32 heavy (non-hydrogen) atoms. The Kier molecular flexibility index (Phi) is 6.61. The summed E-state index contributed by atoms with van der Waals surface area (Å²) >= 11 is 0. The van der Waals surface area contributed by atoms with Crippen molar-refractivity contribution in [3.05, 3.63) is 52.9 Å². The summed E-state index contributed by atoms with van der Waals surface area (Å²) in [5, 5.41) is 6.93. The molecule has 1 aromatic carbocycles. The zero-order valence-electron chi connectivity index (χ0n) is 18.1. The molecule has 4 rings (SSSR count). The van der Waals surface area contributed by atoms with Crippen LogP contribution in [0, 0.1) is 12.7 Å². The molecule has 1 amide bonds. The first-order valence-corrected chi connectivity index (χ1v) is 10.4. The third-order valence-electron chi connectivity index (χ3n) is 5.23. The minimum atomic E-state index is -0.462. The quantitative estimate of drug-likeness (QED) is 0.728. The molecular weight excluding hydrogens is 419 g/mol. The lowest BCUT2D eigenvalue weighted by atomic mass is 10.0. The lowest BCUT2D eigenvalue weighted by molar-refractivity contribution is -0.166. The molecule has 2 aliphatic rings. The second-order valence-corrected chi connectivity index (χ2v) is 7.74. The molecule has 170 valence electrons. The lowest BCUT2D eigenvalue weighted by Crippen LogP contribution is -2.41. The number of hydrogen-bond acceptors (Lipinski definition) is 8. The van der Waals surface area contributed by atoms with Gasteiger partial charge in [0.05, 0.1) is 32.1 Å². The molecule has 2 aromatic rings. The molecule has 0 unspecified atom stereocenters. The molecule has 1 aromatic heterocycles. The number of aromatic nitrogens is 2. The topological polar surface area (TPSA) is 104 Å². The molecule has 0 bridgehead atoms. The van der Waals surface area contributed by atoms with Crippen molar-refractivity contribution in [3.63, 3.8) is 0 Å². The minimum Gasteiger partial charge on any atom is -0.494 e. The number of ether oxygens (including phenoxy) is 3. The van der Waals surface area contributed by atoms with Crippen LogP contribution in [-0.2, 0) is 20.9 Å². The fourth-order valence-electron chi connectivity index (χ4n) is 3.50. The van der Waals surface area contributed by atoms with Crippen LogP contribution in [0.5, 0.6) is 5.75 Å². The number of oxime groups is 1. The monoisotopic (exact) mass is 444 g/mol. The highest BCUT2D eigenvalue weighted by Crippen LogP contribution is 2.23. The van der Waals surface area contributed by atoms with E-state index in [-0.39, 0.29) is 42.2 Å². The van der Waals surface area contributed by atoms with Gasteiger partial charge in [0.1, 0.15) is 23.3 Å². The highest BCUT2D eigenvalue weighted by Gasteiger charge is 2.34. The number of benzene rings is 1. The molecular formula is C22H25FN4O5. The number of amides is 1. The van der Waals surface area contributed by atoms with Crippen LogP contribution in [0.15, 0.2) is 29.4 Å². The summed E-state index contributed by atoms with van der Waals surface area (Å²) in [5.74, 6) is -0.286. The van der Waals surface area contributed by atoms with Gasteiger partial charge in [0.15, 0.2) is 17.7 Å². The number of halogens is 1. The van der Waals surface area contributed by atoms with Crippen LogP contribution in [0.25, 0.3) is 0 Å². The summed E-state index contributed by atoms with van der Waals surface area (Å²) < 4.78 is 30.0. The third kappa shape index (κ3) is 5.03. The second-order valence-electron chi connectivity index (χ2n) is 7.74. The van der Waals surface area contributed by atoms with Gasteiger partial charge in [-0.25, -0.2) is 14.4 Å². The fraction of sp³-hybridized carbons (Fsp3) is 0.455. The summed E-state index contributed by atoms with van der Waals surface area (Å²) in [6.45, 7) is 4.81. The zero-order chi connectivity index (χ0) is 22.7. The first-order chi connectivity index (χ1) is 15.4. The molecule has 0 radical (unpaired) electrons. The molecule has 3 atom stereocenters. The Labute approximate surface area is 184 Å². The van der Waals surface area contributed by atoms with Crippen molar-refractivity contribution in [2.75, 3.05) is 20.3 Å². The van der Waals surface area contributed by atoms with E-state index >= 15 is 0 Å². The average molecular weight is 444 g/mol. The third-order valence-corrected chi connectivity index (χ3v) is 5.23. The zero-order valence-corrected chi connectivity index (χ0v) is 18.1. The van der Waals surface area contributed by atoms with Crippen LogP contribution in [0.3, 0.4) is 0 Å². The number of aryl methyl sites for hydroxylation is 1. The number of rotatable bonds is 6. The Balaban J connectivity index is 1.41. The number of carbonyl (C=O) groups excluding carboxylic acids is 1. The van der Waals surface area contributed by atoms with E-state index in [1.807, 2.05) is 6.92 Å². The SMILES string of the molecule is COc1cc(CNC(=O)c2cc(C3=NO[C@@H]([C@H]4CO[C@@H](C)CO4)C3)nc(C)n2)ccc1F. The van der Waals surface area contributed by atoms with Gasteiger partial charge in [-0.1, -0.05) is 11.2 Å². The lowest BCUT2D eigenvalue weighted by Gasteiger charge is -2.29. The summed E-state index contributed by atoms with van der Waals surface area (Å²) in [6.07, 6.45) is 0.0916. The van der Waals surface area contributed by atoms with Crippen LogP contribution in [0.1, 0.15) is 40.9 Å². The maximum Gasteiger partial charge on any atom is 0.270 e. The van der Waals surface area contributed by atoms with E-state index < -0.39 is 5.82 Å². The van der Waals surface area contributed by atoms with Gasteiger partial charge in [0, 0.05) is 13.0 Å². The molecule has 1 fully saturated rings. The largest absolute Gasteiger partial charge is 0.494 e. The standard InChI is InChI=1S/C22H25FN4O5/c1-12-10-31-21(11-30-12)20-8-17(27-32-20)16-7-18(26-13(2)25-16)22(28)24-9-14-4-5-15(23)19(6-14)29-3/h4-7,12,20-21H,8-11H2,1-3H3,(H,24,28)/t12-,20+,21+/m0/s1. The number of methoxy groups -OCH3 is 1. The van der Waals surface area contributed by atoms with Gasteiger partial charge in [-0.2, -0.15) is 0 Å². The predicted molar refractivity (Wildman–Crippen MR) is 112 cm³/mol. The van der Waals surface area contributed by atoms with Crippen LogP contribution >= 0.6 is 0 Å². The van der Waals surface area contributed by atoms with Crippen LogP contribution in [-0.4, -0.2) is 60.2 Å². The smallest absolute Gasteiger partial charge is 0.270 e. The van der Waals surface area contributed by atoms with Gasteiger partial charge >= 0.3 is 0 Å². The van der Waals surface area contributed by atoms with E-state index in [0.29, 0.717) is 42.4 Å². The van der Waals surface area contributed by atoms with Gasteiger partial charge in [0.25, 0.3) is 5.91 Å². The van der Waals surface area contributed by atoms with E-state index in [1.54, 1.807) is 19.1 Å². The first-order valence-electron chi connectivity index (χ1n) is 10.4. The van der Waals surface area contributed by atoms with Crippen LogP contribution in [0.4, 0.5) is 4.39 Å². The number of nitrogens with one attached hydrogen (secondary N) is 1. The molecule has 10 heteroatoms. The molecule has 0 aliphatic carbocycles. The Hall–Kier alpha value is -3.11. The molecule has 1 N–H and O–H groups in total. The number of nitrogens with zero attached hydrogens (tertiary/aromatic N) is 3. The molecule has 2 aliphatic heterocycles. The highest BCUT2D eigenvalue weighted by atomic mass is 19.1. The normalized spacial score (nSPS) is 22.8. The minimum absolute atomic E-state index is 0.0645. The van der Waals surface area contributed by atoms with Gasteiger partial charge < -0.3 is 24.4 Å². The van der Waals surface area contributed by atoms with Crippen molar-refractivity contribution >= 4 is 11.6 Å². The highest BCUT2D eigenvalue weighted by molar-refractivity contribution is 6.02. The maximum atomic E-state index is 13.6. The van der Waals surface area contributed by atoms with Crippen molar-refractivity contribution in [2.24, 2.45) is 5.16 Å². The van der Waals surface area contributed by atoms with Gasteiger partial charge in [-0.3, -0.25) is 4.79 Å². The Bertz CT molecular complexity index is 1020. The van der Waals surface area contributed by atoms with E-state index in [9.17, 15) is 9.18 Å². The number of hydrogen-bond donors (Lipinski definition) is 1. The Morgan fingerprint density at radius 3 is 2.81 bits per heavy atom. The number of carbonyl (C=O) groups is 1. The van der Waals surface area contributed by atoms with Crippen molar-refractivity contribution in [3.8, 4) is 5.75 Å². The fourth-order valence-corrected chi connectivity index (χ4v) is 3.50. The van der Waals surface area contributed by atoms with Gasteiger partial charge in [-0.15, -0.1) is 0 Å². The molecule has 0 saturated carbocycles. The van der Waals surface area contributed by atoms with Gasteiger partial charge in [-0.05, 0) is 37.6 Å². The van der Waals surface area contributed by atoms with E-state index in [0.717, 1.165) is 0 Å². The molecule has 9 nitrogen and oxygen atoms in total. The van der Waals surface area contributed by atoms with Crippen LogP contribution in [0.2, 0.25) is 0 Å². The summed E-state index contributed by atoms with van der Waals surface area (Å²) in [4.78, 5) is 26.9. The van der Waals surface area contributed by atoms with Crippen molar-refractivity contribution in [2.45, 2.75) is 45.1 Å². The maximum absolute atomic E-state index is 13.6. The van der Waals surface area contributed by atoms with E-state index in [2.05, 4.69) is 20.4 Å². The van der Waals surface area contributed by atoms with E-state index in [4.69, 9.17) is 19.0 Å². The van der Waals surface area contributed by atoms with Crippen molar-refractivity contribution in [1.29, 1.82) is 0 Å². The molecule has 1 saturated heterocycles. The molecule has 3 heterocycles. The summed E-state index contributed by atoms with van der Waals surface area (Å²) in [6, 6.07) is 5.99. The van der Waals surface area contributed by atoms with Crippen molar-refractivity contribution < 1.29 is 28.2 Å². The molecule has 0 spiro atoms. The van der Waals surface area contributed by atoms with Crippen molar-refractivity contribution in [1.82, 2.24) is 15.3 Å². The second kappa shape index (κ2) is 9.58. The average Bonchev–Trinajstić information content (AvgIpc) is 3.29.